The smallest absolute Gasteiger partial charge is 0.217 e. The van der Waals surface area contributed by atoms with Gasteiger partial charge in [0.2, 0.25) is 5.91 Å². The summed E-state index contributed by atoms with van der Waals surface area (Å²) in [6.07, 6.45) is 0.832. The first-order chi connectivity index (χ1) is 9.56. The van der Waals surface area contributed by atoms with Crippen LogP contribution in [0.3, 0.4) is 0 Å². The van der Waals surface area contributed by atoms with Crippen LogP contribution in [0.5, 0.6) is 0 Å². The fourth-order valence-electron chi connectivity index (χ4n) is 1.76. The zero-order chi connectivity index (χ0) is 14.5. The molecule has 106 valence electrons. The summed E-state index contributed by atoms with van der Waals surface area (Å²) in [4.78, 5) is 10.8. The third-order valence-corrected chi connectivity index (χ3v) is 4.10. The predicted octanol–water partition coefficient (Wildman–Crippen LogP) is 1.83. The van der Waals surface area contributed by atoms with E-state index in [9.17, 15) is 4.79 Å². The van der Waals surface area contributed by atoms with Gasteiger partial charge in [0.15, 0.2) is 5.16 Å². The maximum absolute atomic E-state index is 10.8. The molecule has 0 aliphatic carbocycles. The molecule has 0 bridgehead atoms. The molecule has 5 nitrogen and oxygen atoms in total. The van der Waals surface area contributed by atoms with Gasteiger partial charge in [0.05, 0.1) is 0 Å². The fraction of sp³-hybridized carbons (Fsp3) is 0.357. The van der Waals surface area contributed by atoms with Crippen LogP contribution in [0.1, 0.15) is 23.4 Å². The quantitative estimate of drug-likeness (QED) is 0.824. The number of benzene rings is 1. The molecule has 20 heavy (non-hydrogen) atoms. The normalized spacial score (nSPS) is 10.7. The van der Waals surface area contributed by atoms with E-state index < -0.39 is 0 Å². The van der Waals surface area contributed by atoms with Crippen LogP contribution in [0.4, 0.5) is 0 Å². The number of carbonyl (C=O) groups is 1. The Bertz CT molecular complexity index is 592. The summed E-state index contributed by atoms with van der Waals surface area (Å²) in [5.74, 6) is 1.32. The van der Waals surface area contributed by atoms with Gasteiger partial charge < -0.3 is 10.3 Å². The molecule has 0 aliphatic rings. The van der Waals surface area contributed by atoms with Crippen LogP contribution >= 0.6 is 11.8 Å². The average molecular weight is 290 g/mol. The van der Waals surface area contributed by atoms with Crippen molar-refractivity contribution in [1.82, 2.24) is 14.8 Å². The highest BCUT2D eigenvalue weighted by molar-refractivity contribution is 7.98. The maximum Gasteiger partial charge on any atom is 0.217 e. The molecule has 1 heterocycles. The van der Waals surface area contributed by atoms with Crippen molar-refractivity contribution < 1.29 is 4.79 Å². The number of primary amides is 1. The summed E-state index contributed by atoms with van der Waals surface area (Å²) in [6.45, 7) is 2.07. The first-order valence-corrected chi connectivity index (χ1v) is 7.39. The van der Waals surface area contributed by atoms with Gasteiger partial charge in [0, 0.05) is 25.6 Å². The average Bonchev–Trinajstić information content (AvgIpc) is 2.77. The first-order valence-electron chi connectivity index (χ1n) is 6.41. The number of carbonyl (C=O) groups excluding carboxylic acids is 1. The molecule has 0 saturated carbocycles. The van der Waals surface area contributed by atoms with Gasteiger partial charge in [-0.2, -0.15) is 0 Å². The Morgan fingerprint density at radius 1 is 1.30 bits per heavy atom. The van der Waals surface area contributed by atoms with Gasteiger partial charge in [-0.15, -0.1) is 10.2 Å². The van der Waals surface area contributed by atoms with Crippen LogP contribution in [-0.2, 0) is 24.0 Å². The number of amides is 1. The van der Waals surface area contributed by atoms with E-state index in [1.807, 2.05) is 11.6 Å². The number of hydrogen-bond acceptors (Lipinski definition) is 4. The molecule has 0 fully saturated rings. The molecule has 1 aromatic heterocycles. The van der Waals surface area contributed by atoms with E-state index in [-0.39, 0.29) is 5.91 Å². The zero-order valence-corrected chi connectivity index (χ0v) is 12.5. The molecule has 1 aromatic carbocycles. The van der Waals surface area contributed by atoms with Gasteiger partial charge in [-0.05, 0) is 12.5 Å². The molecule has 0 saturated heterocycles. The molecule has 0 spiro atoms. The Morgan fingerprint density at radius 3 is 2.65 bits per heavy atom. The summed E-state index contributed by atoms with van der Waals surface area (Å²) in [5, 5.41) is 9.10. The lowest BCUT2D eigenvalue weighted by Crippen LogP contribution is -2.12. The Labute approximate surface area is 122 Å². The fourth-order valence-corrected chi connectivity index (χ4v) is 2.64. The van der Waals surface area contributed by atoms with E-state index in [0.717, 1.165) is 16.7 Å². The van der Waals surface area contributed by atoms with Crippen LogP contribution in [0.15, 0.2) is 29.4 Å². The van der Waals surface area contributed by atoms with Crippen molar-refractivity contribution in [3.05, 3.63) is 41.2 Å². The summed E-state index contributed by atoms with van der Waals surface area (Å²) in [5.41, 5.74) is 7.65. The van der Waals surface area contributed by atoms with Crippen molar-refractivity contribution in [3.63, 3.8) is 0 Å². The SMILES string of the molecule is Cc1ccc(CSc2nnc(CCC(N)=O)n2C)cc1. The number of hydrogen-bond donors (Lipinski definition) is 1. The second-order valence-corrected chi connectivity index (χ2v) is 5.64. The number of thioether (sulfide) groups is 1. The van der Waals surface area contributed by atoms with E-state index in [4.69, 9.17) is 5.73 Å². The summed E-state index contributed by atoms with van der Waals surface area (Å²) in [7, 11) is 1.91. The summed E-state index contributed by atoms with van der Waals surface area (Å²) >= 11 is 1.63. The van der Waals surface area contributed by atoms with E-state index in [1.54, 1.807) is 11.8 Å². The third kappa shape index (κ3) is 3.84. The lowest BCUT2D eigenvalue weighted by Gasteiger charge is -2.03. The van der Waals surface area contributed by atoms with E-state index in [2.05, 4.69) is 41.4 Å². The monoisotopic (exact) mass is 290 g/mol. The zero-order valence-electron chi connectivity index (χ0n) is 11.7. The van der Waals surface area contributed by atoms with Gasteiger partial charge in [0.25, 0.3) is 0 Å². The van der Waals surface area contributed by atoms with Crippen LogP contribution in [0.25, 0.3) is 0 Å². The highest BCUT2D eigenvalue weighted by Gasteiger charge is 2.10. The molecule has 6 heteroatoms. The minimum absolute atomic E-state index is 0.300. The number of rotatable bonds is 6. The van der Waals surface area contributed by atoms with Crippen molar-refractivity contribution in [2.24, 2.45) is 12.8 Å². The van der Waals surface area contributed by atoms with Crippen LogP contribution in [0, 0.1) is 6.92 Å². The molecule has 0 atom stereocenters. The lowest BCUT2D eigenvalue weighted by atomic mass is 10.2. The van der Waals surface area contributed by atoms with E-state index in [1.165, 1.54) is 11.1 Å². The van der Waals surface area contributed by atoms with Gasteiger partial charge >= 0.3 is 0 Å². The van der Waals surface area contributed by atoms with Crippen molar-refractivity contribution in [3.8, 4) is 0 Å². The van der Waals surface area contributed by atoms with Crippen molar-refractivity contribution in [1.29, 1.82) is 0 Å². The van der Waals surface area contributed by atoms with Crippen molar-refractivity contribution in [2.75, 3.05) is 0 Å². The molecular formula is C14H18N4OS. The molecule has 2 aromatic rings. The van der Waals surface area contributed by atoms with Crippen molar-refractivity contribution >= 4 is 17.7 Å². The third-order valence-electron chi connectivity index (χ3n) is 3.01. The second-order valence-electron chi connectivity index (χ2n) is 4.70. The Balaban J connectivity index is 1.96. The van der Waals surface area contributed by atoms with Crippen LogP contribution < -0.4 is 5.73 Å². The van der Waals surface area contributed by atoms with E-state index in [0.29, 0.717) is 12.8 Å². The topological polar surface area (TPSA) is 73.8 Å². The standard InChI is InChI=1S/C14H18N4OS/c1-10-3-5-11(6-4-10)9-20-14-17-16-13(18(14)2)8-7-12(15)19/h3-6H,7-9H2,1-2H3,(H2,15,19). The highest BCUT2D eigenvalue weighted by atomic mass is 32.2. The number of aromatic nitrogens is 3. The highest BCUT2D eigenvalue weighted by Crippen LogP contribution is 2.21. The second kappa shape index (κ2) is 6.56. The maximum atomic E-state index is 10.8. The van der Waals surface area contributed by atoms with Gasteiger partial charge in [-0.25, -0.2) is 0 Å². The van der Waals surface area contributed by atoms with Crippen LogP contribution in [0.2, 0.25) is 0 Å². The molecule has 0 unspecified atom stereocenters. The lowest BCUT2D eigenvalue weighted by molar-refractivity contribution is -0.118. The number of nitrogens with two attached hydrogens (primary N) is 1. The molecular weight excluding hydrogens is 272 g/mol. The minimum Gasteiger partial charge on any atom is -0.370 e. The summed E-state index contributed by atoms with van der Waals surface area (Å²) in [6, 6.07) is 8.44. The largest absolute Gasteiger partial charge is 0.370 e. The van der Waals surface area contributed by atoms with E-state index >= 15 is 0 Å². The first kappa shape index (κ1) is 14.6. The molecule has 2 rings (SSSR count). The Morgan fingerprint density at radius 2 is 2.00 bits per heavy atom. The summed E-state index contributed by atoms with van der Waals surface area (Å²) < 4.78 is 1.92. The Hall–Kier alpha value is -1.82. The number of aryl methyl sites for hydroxylation is 2. The van der Waals surface area contributed by atoms with Crippen molar-refractivity contribution in [2.45, 2.75) is 30.7 Å². The molecule has 2 N–H and O–H groups in total. The number of nitrogens with zero attached hydrogens (tertiary/aromatic N) is 3. The van der Waals surface area contributed by atoms with Crippen LogP contribution in [-0.4, -0.2) is 20.7 Å². The molecule has 0 radical (unpaired) electrons. The minimum atomic E-state index is -0.318. The molecule has 1 amide bonds. The van der Waals surface area contributed by atoms with Gasteiger partial charge in [0.1, 0.15) is 5.82 Å². The van der Waals surface area contributed by atoms with Gasteiger partial charge in [-0.1, -0.05) is 41.6 Å². The Kier molecular flexibility index (Phi) is 4.79. The van der Waals surface area contributed by atoms with Gasteiger partial charge in [-0.3, -0.25) is 4.79 Å². The predicted molar refractivity (Wildman–Crippen MR) is 79.3 cm³/mol. The molecule has 0 aliphatic heterocycles.